The number of hydrogen-bond acceptors (Lipinski definition) is 1. The van der Waals surface area contributed by atoms with Crippen molar-refractivity contribution in [3.63, 3.8) is 0 Å². The van der Waals surface area contributed by atoms with Crippen LogP contribution >= 0.6 is 12.6 Å². The van der Waals surface area contributed by atoms with Crippen LogP contribution < -0.4 is 5.73 Å². The standard InChI is InChI=1S/C3H7N2S/c4-3(5)1-2-6/h1-2H2,(H3,4,5). The van der Waals surface area contributed by atoms with Crippen LogP contribution in [0.15, 0.2) is 0 Å². The van der Waals surface area contributed by atoms with Gasteiger partial charge in [0.2, 0.25) is 0 Å². The van der Waals surface area contributed by atoms with E-state index in [1.807, 2.05) is 0 Å². The van der Waals surface area contributed by atoms with E-state index in [0.717, 1.165) is 0 Å². The van der Waals surface area contributed by atoms with Gasteiger partial charge < -0.3 is 5.73 Å². The van der Waals surface area contributed by atoms with Crippen LogP contribution in [0.4, 0.5) is 0 Å². The molecular weight excluding hydrogens is 96.1 g/mol. The van der Waals surface area contributed by atoms with Gasteiger partial charge in [0.15, 0.2) is 0 Å². The zero-order valence-electron chi connectivity index (χ0n) is 3.40. The Hall–Kier alpha value is -0.180. The van der Waals surface area contributed by atoms with Crippen molar-refractivity contribution in [2.75, 3.05) is 5.75 Å². The largest absolute Gasteiger partial charge is 0.388 e. The van der Waals surface area contributed by atoms with E-state index in [4.69, 9.17) is 11.1 Å². The summed E-state index contributed by atoms with van der Waals surface area (Å²) in [6, 6.07) is 0. The number of nitrogens with one attached hydrogen (secondary N) is 1. The highest BCUT2D eigenvalue weighted by Gasteiger charge is 1.80. The highest BCUT2D eigenvalue weighted by Crippen LogP contribution is 1.78. The third-order valence-corrected chi connectivity index (χ3v) is 0.576. The van der Waals surface area contributed by atoms with Crippen LogP contribution in [0.3, 0.4) is 0 Å². The smallest absolute Gasteiger partial charge is 0.0913 e. The molecular formula is C3H7N2S. The van der Waals surface area contributed by atoms with Gasteiger partial charge in [0.1, 0.15) is 0 Å². The molecule has 0 rings (SSSR count). The molecule has 0 amide bonds. The molecule has 0 heterocycles. The van der Waals surface area contributed by atoms with Crippen molar-refractivity contribution in [2.24, 2.45) is 5.73 Å². The zero-order chi connectivity index (χ0) is 4.99. The highest BCUT2D eigenvalue weighted by molar-refractivity contribution is 7.80. The Morgan fingerprint density at radius 1 is 1.83 bits per heavy atom. The molecule has 0 atom stereocenters. The summed E-state index contributed by atoms with van der Waals surface area (Å²) in [5.74, 6) is 0.750. The molecule has 0 aromatic rings. The van der Waals surface area contributed by atoms with Crippen molar-refractivity contribution in [2.45, 2.75) is 6.42 Å². The molecule has 2 nitrogen and oxygen atoms in total. The lowest BCUT2D eigenvalue weighted by Gasteiger charge is -1.84. The van der Waals surface area contributed by atoms with E-state index in [9.17, 15) is 0 Å². The Balaban J connectivity index is 2.83. The fourth-order valence-corrected chi connectivity index (χ4v) is 0.330. The van der Waals surface area contributed by atoms with Crippen LogP contribution in [-0.2, 0) is 0 Å². The SMILES string of the molecule is N=C(N)CC[S]. The lowest BCUT2D eigenvalue weighted by Crippen LogP contribution is -2.08. The summed E-state index contributed by atoms with van der Waals surface area (Å²) in [4.78, 5) is 0. The van der Waals surface area contributed by atoms with Crippen molar-refractivity contribution >= 4 is 18.5 Å². The van der Waals surface area contributed by atoms with Crippen LogP contribution in [-0.4, -0.2) is 11.6 Å². The molecule has 0 aliphatic rings. The van der Waals surface area contributed by atoms with E-state index in [-0.39, 0.29) is 5.84 Å². The third-order valence-electron chi connectivity index (χ3n) is 0.371. The summed E-state index contributed by atoms with van der Waals surface area (Å²) >= 11 is 4.51. The van der Waals surface area contributed by atoms with Crippen LogP contribution in [0.1, 0.15) is 6.42 Å². The number of hydrogen-bond donors (Lipinski definition) is 2. The Morgan fingerprint density at radius 2 is 2.33 bits per heavy atom. The monoisotopic (exact) mass is 103 g/mol. The van der Waals surface area contributed by atoms with Crippen molar-refractivity contribution in [1.29, 1.82) is 5.41 Å². The molecule has 0 aromatic carbocycles. The first-order valence-corrected chi connectivity index (χ1v) is 2.26. The van der Waals surface area contributed by atoms with Gasteiger partial charge in [0.05, 0.1) is 5.84 Å². The van der Waals surface area contributed by atoms with Crippen molar-refractivity contribution < 1.29 is 0 Å². The minimum Gasteiger partial charge on any atom is -0.388 e. The molecule has 0 spiro atoms. The molecule has 6 heavy (non-hydrogen) atoms. The second kappa shape index (κ2) is 3.03. The van der Waals surface area contributed by atoms with E-state index in [1.54, 1.807) is 0 Å². The Bertz CT molecular complexity index is 52.8. The topological polar surface area (TPSA) is 49.9 Å². The third kappa shape index (κ3) is 3.82. The van der Waals surface area contributed by atoms with Crippen LogP contribution in [0.5, 0.6) is 0 Å². The first-order chi connectivity index (χ1) is 2.77. The molecule has 0 saturated carbocycles. The lowest BCUT2D eigenvalue weighted by molar-refractivity contribution is 1.23. The van der Waals surface area contributed by atoms with Crippen molar-refractivity contribution in [1.82, 2.24) is 0 Å². The second-order valence-electron chi connectivity index (χ2n) is 0.979. The van der Waals surface area contributed by atoms with E-state index in [0.29, 0.717) is 12.2 Å². The maximum Gasteiger partial charge on any atom is 0.0913 e. The van der Waals surface area contributed by atoms with Gasteiger partial charge in [0.25, 0.3) is 0 Å². The predicted molar refractivity (Wildman–Crippen MR) is 29.0 cm³/mol. The normalized spacial score (nSPS) is 8.17. The zero-order valence-corrected chi connectivity index (χ0v) is 4.22. The van der Waals surface area contributed by atoms with Crippen LogP contribution in [0.2, 0.25) is 0 Å². The molecule has 0 aliphatic carbocycles. The van der Waals surface area contributed by atoms with Gasteiger partial charge in [-0.3, -0.25) is 5.41 Å². The Kier molecular flexibility index (Phi) is 2.94. The molecule has 0 aromatic heterocycles. The first kappa shape index (κ1) is 5.82. The summed E-state index contributed by atoms with van der Waals surface area (Å²) in [5, 5.41) is 6.61. The molecule has 0 aliphatic heterocycles. The van der Waals surface area contributed by atoms with E-state index in [1.165, 1.54) is 0 Å². The summed E-state index contributed by atoms with van der Waals surface area (Å²) < 4.78 is 0. The molecule has 0 unspecified atom stereocenters. The fraction of sp³-hybridized carbons (Fsp3) is 0.667. The summed E-state index contributed by atoms with van der Waals surface area (Å²) in [6.45, 7) is 0. The average molecular weight is 103 g/mol. The van der Waals surface area contributed by atoms with Gasteiger partial charge in [-0.2, -0.15) is 0 Å². The summed E-state index contributed by atoms with van der Waals surface area (Å²) in [7, 11) is 0. The Morgan fingerprint density at radius 3 is 2.33 bits per heavy atom. The number of nitrogens with two attached hydrogens (primary N) is 1. The van der Waals surface area contributed by atoms with E-state index in [2.05, 4.69) is 12.6 Å². The minimum absolute atomic E-state index is 0.185. The molecule has 0 saturated heterocycles. The van der Waals surface area contributed by atoms with Gasteiger partial charge in [-0.05, 0) is 0 Å². The summed E-state index contributed by atoms with van der Waals surface area (Å²) in [5.41, 5.74) is 4.92. The van der Waals surface area contributed by atoms with Crippen molar-refractivity contribution in [3.05, 3.63) is 0 Å². The van der Waals surface area contributed by atoms with Gasteiger partial charge in [0, 0.05) is 12.2 Å². The van der Waals surface area contributed by atoms with E-state index >= 15 is 0 Å². The number of amidine groups is 1. The fourth-order valence-electron chi connectivity index (χ4n) is 0.110. The van der Waals surface area contributed by atoms with Gasteiger partial charge >= 0.3 is 0 Å². The van der Waals surface area contributed by atoms with Gasteiger partial charge in [-0.1, -0.05) is 12.6 Å². The lowest BCUT2D eigenvalue weighted by atomic mass is 10.5. The predicted octanol–water partition coefficient (Wildman–Crippen LogP) is 0.510. The van der Waals surface area contributed by atoms with Crippen LogP contribution in [0, 0.1) is 5.41 Å². The van der Waals surface area contributed by atoms with Crippen LogP contribution in [0.25, 0.3) is 0 Å². The second-order valence-corrected chi connectivity index (χ2v) is 1.39. The molecule has 1 radical (unpaired) electrons. The molecule has 0 fully saturated rings. The Labute approximate surface area is 42.6 Å². The van der Waals surface area contributed by atoms with E-state index < -0.39 is 0 Å². The van der Waals surface area contributed by atoms with Crippen molar-refractivity contribution in [3.8, 4) is 0 Å². The quantitative estimate of drug-likeness (QED) is 0.388. The number of rotatable bonds is 2. The van der Waals surface area contributed by atoms with Gasteiger partial charge in [-0.15, -0.1) is 0 Å². The maximum atomic E-state index is 6.61. The molecule has 0 bridgehead atoms. The van der Waals surface area contributed by atoms with Gasteiger partial charge in [-0.25, -0.2) is 0 Å². The maximum absolute atomic E-state index is 6.61. The minimum atomic E-state index is 0.185. The summed E-state index contributed by atoms with van der Waals surface area (Å²) in [6.07, 6.45) is 0.551. The first-order valence-electron chi connectivity index (χ1n) is 1.68. The molecule has 35 valence electrons. The molecule has 3 heteroatoms. The molecule has 3 N–H and O–H groups in total. The highest BCUT2D eigenvalue weighted by atomic mass is 32.1. The average Bonchev–Trinajstić information content (AvgIpc) is 1.35.